The van der Waals surface area contributed by atoms with Crippen molar-refractivity contribution in [2.24, 2.45) is 0 Å². The summed E-state index contributed by atoms with van der Waals surface area (Å²) in [6, 6.07) is 5.44. The summed E-state index contributed by atoms with van der Waals surface area (Å²) in [5.74, 6) is 0. The molecule has 1 saturated carbocycles. The Kier molecular flexibility index (Phi) is 4.45. The predicted octanol–water partition coefficient (Wildman–Crippen LogP) is 4.38. The molecule has 0 heterocycles. The maximum absolute atomic E-state index is 2.57. The third-order valence-corrected chi connectivity index (χ3v) is 4.45. The lowest BCUT2D eigenvalue weighted by Gasteiger charge is -2.32. The second-order valence-corrected chi connectivity index (χ2v) is 6.08. The summed E-state index contributed by atoms with van der Waals surface area (Å²) < 4.78 is 0. The Labute approximate surface area is 112 Å². The molecule has 0 radical (unpaired) electrons. The van der Waals surface area contributed by atoms with E-state index in [0.717, 1.165) is 12.6 Å². The molecule has 0 spiro atoms. The number of hydrogen-bond donors (Lipinski definition) is 0. The highest BCUT2D eigenvalue weighted by atomic mass is 15.1. The standard InChI is InChI=1S/C17H27N/c1-13-10-14(2)17(15(3)11-13)12-18(4)16-8-6-5-7-9-16/h10-11,16H,5-9,12H2,1-4H3. The van der Waals surface area contributed by atoms with Gasteiger partial charge in [-0.3, -0.25) is 4.90 Å². The van der Waals surface area contributed by atoms with Gasteiger partial charge in [0.25, 0.3) is 0 Å². The summed E-state index contributed by atoms with van der Waals surface area (Å²) in [7, 11) is 2.30. The van der Waals surface area contributed by atoms with E-state index >= 15 is 0 Å². The van der Waals surface area contributed by atoms with Crippen LogP contribution in [0.25, 0.3) is 0 Å². The van der Waals surface area contributed by atoms with E-state index < -0.39 is 0 Å². The zero-order valence-electron chi connectivity index (χ0n) is 12.4. The van der Waals surface area contributed by atoms with Crippen LogP contribution in [0.4, 0.5) is 0 Å². The lowest BCUT2D eigenvalue weighted by Crippen LogP contribution is -2.33. The summed E-state index contributed by atoms with van der Waals surface area (Å²) in [6.45, 7) is 7.81. The van der Waals surface area contributed by atoms with E-state index in [2.05, 4.69) is 44.9 Å². The molecule has 0 unspecified atom stereocenters. The highest BCUT2D eigenvalue weighted by Crippen LogP contribution is 2.25. The Morgan fingerprint density at radius 3 is 2.11 bits per heavy atom. The quantitative estimate of drug-likeness (QED) is 0.764. The van der Waals surface area contributed by atoms with E-state index in [0.29, 0.717) is 0 Å². The van der Waals surface area contributed by atoms with Gasteiger partial charge in [-0.1, -0.05) is 37.0 Å². The Morgan fingerprint density at radius 1 is 1.00 bits per heavy atom. The second-order valence-electron chi connectivity index (χ2n) is 6.08. The van der Waals surface area contributed by atoms with Gasteiger partial charge in [0.15, 0.2) is 0 Å². The SMILES string of the molecule is Cc1cc(C)c(CN(C)C2CCCCC2)c(C)c1. The Bertz CT molecular complexity index is 379. The molecule has 0 N–H and O–H groups in total. The topological polar surface area (TPSA) is 3.24 Å². The largest absolute Gasteiger partial charge is 0.299 e. The molecule has 0 aliphatic heterocycles. The van der Waals surface area contributed by atoms with E-state index in [1.54, 1.807) is 0 Å². The van der Waals surface area contributed by atoms with Crippen molar-refractivity contribution in [2.75, 3.05) is 7.05 Å². The fourth-order valence-corrected chi connectivity index (χ4v) is 3.36. The zero-order chi connectivity index (χ0) is 13.1. The Balaban J connectivity index is 2.08. The molecule has 1 fully saturated rings. The predicted molar refractivity (Wildman–Crippen MR) is 79.0 cm³/mol. The molecule has 0 atom stereocenters. The van der Waals surface area contributed by atoms with Crippen molar-refractivity contribution < 1.29 is 0 Å². The van der Waals surface area contributed by atoms with Crippen molar-refractivity contribution in [3.63, 3.8) is 0 Å². The molecule has 0 bridgehead atoms. The van der Waals surface area contributed by atoms with Gasteiger partial charge in [0.1, 0.15) is 0 Å². The summed E-state index contributed by atoms with van der Waals surface area (Å²) in [5, 5.41) is 0. The molecule has 1 aliphatic carbocycles. The molecule has 2 rings (SSSR count). The van der Waals surface area contributed by atoms with Crippen LogP contribution < -0.4 is 0 Å². The van der Waals surface area contributed by atoms with Gasteiger partial charge in [0, 0.05) is 12.6 Å². The summed E-state index contributed by atoms with van der Waals surface area (Å²) in [4.78, 5) is 2.57. The number of benzene rings is 1. The van der Waals surface area contributed by atoms with Crippen molar-refractivity contribution in [3.8, 4) is 0 Å². The fraction of sp³-hybridized carbons (Fsp3) is 0.647. The van der Waals surface area contributed by atoms with E-state index in [9.17, 15) is 0 Å². The molecule has 1 aliphatic rings. The van der Waals surface area contributed by atoms with E-state index in [4.69, 9.17) is 0 Å². The number of rotatable bonds is 3. The number of hydrogen-bond acceptors (Lipinski definition) is 1. The van der Waals surface area contributed by atoms with Crippen LogP contribution in [-0.2, 0) is 6.54 Å². The van der Waals surface area contributed by atoms with Gasteiger partial charge in [-0.15, -0.1) is 0 Å². The van der Waals surface area contributed by atoms with Gasteiger partial charge in [0.2, 0.25) is 0 Å². The normalized spacial score (nSPS) is 17.4. The Morgan fingerprint density at radius 2 is 1.56 bits per heavy atom. The van der Waals surface area contributed by atoms with Crippen LogP contribution in [0.1, 0.15) is 54.4 Å². The molecule has 1 nitrogen and oxygen atoms in total. The first-order valence-electron chi connectivity index (χ1n) is 7.35. The average Bonchev–Trinajstić information content (AvgIpc) is 2.34. The molecular weight excluding hydrogens is 218 g/mol. The maximum Gasteiger partial charge on any atom is 0.0238 e. The van der Waals surface area contributed by atoms with Gasteiger partial charge in [-0.25, -0.2) is 0 Å². The second kappa shape index (κ2) is 5.88. The van der Waals surface area contributed by atoms with Crippen LogP contribution in [0.3, 0.4) is 0 Å². The third-order valence-electron chi connectivity index (χ3n) is 4.45. The number of aryl methyl sites for hydroxylation is 3. The van der Waals surface area contributed by atoms with Crippen LogP contribution in [0.5, 0.6) is 0 Å². The molecule has 1 aromatic rings. The van der Waals surface area contributed by atoms with Crippen molar-refractivity contribution in [1.82, 2.24) is 4.90 Å². The smallest absolute Gasteiger partial charge is 0.0238 e. The summed E-state index contributed by atoms with van der Waals surface area (Å²) >= 11 is 0. The Hall–Kier alpha value is -0.820. The van der Waals surface area contributed by atoms with Crippen molar-refractivity contribution in [3.05, 3.63) is 34.4 Å². The van der Waals surface area contributed by atoms with Gasteiger partial charge in [0.05, 0.1) is 0 Å². The van der Waals surface area contributed by atoms with Crippen LogP contribution in [0, 0.1) is 20.8 Å². The monoisotopic (exact) mass is 245 g/mol. The van der Waals surface area contributed by atoms with E-state index in [1.165, 1.54) is 54.4 Å². The fourth-order valence-electron chi connectivity index (χ4n) is 3.36. The van der Waals surface area contributed by atoms with Crippen molar-refractivity contribution in [1.29, 1.82) is 0 Å². The lowest BCUT2D eigenvalue weighted by atomic mass is 9.93. The van der Waals surface area contributed by atoms with Crippen LogP contribution in [0.15, 0.2) is 12.1 Å². The first-order valence-corrected chi connectivity index (χ1v) is 7.35. The van der Waals surface area contributed by atoms with E-state index in [-0.39, 0.29) is 0 Å². The molecule has 0 aromatic heterocycles. The third kappa shape index (κ3) is 3.14. The molecular formula is C17H27N. The van der Waals surface area contributed by atoms with Crippen molar-refractivity contribution >= 4 is 0 Å². The lowest BCUT2D eigenvalue weighted by molar-refractivity contribution is 0.184. The molecule has 1 heteroatoms. The van der Waals surface area contributed by atoms with Crippen LogP contribution >= 0.6 is 0 Å². The summed E-state index contributed by atoms with van der Waals surface area (Å²) in [6.07, 6.45) is 7.05. The van der Waals surface area contributed by atoms with Crippen LogP contribution in [-0.4, -0.2) is 18.0 Å². The first kappa shape index (κ1) is 13.6. The molecule has 18 heavy (non-hydrogen) atoms. The average molecular weight is 245 g/mol. The van der Waals surface area contributed by atoms with Crippen molar-refractivity contribution in [2.45, 2.75) is 65.5 Å². The van der Waals surface area contributed by atoms with E-state index in [1.807, 2.05) is 0 Å². The minimum atomic E-state index is 0.804. The van der Waals surface area contributed by atoms with Gasteiger partial charge in [-0.05, 0) is 57.4 Å². The van der Waals surface area contributed by atoms with Gasteiger partial charge < -0.3 is 0 Å². The van der Waals surface area contributed by atoms with Gasteiger partial charge >= 0.3 is 0 Å². The molecule has 0 amide bonds. The first-order chi connectivity index (χ1) is 8.58. The highest BCUT2D eigenvalue weighted by Gasteiger charge is 2.19. The molecule has 100 valence electrons. The van der Waals surface area contributed by atoms with Crippen LogP contribution in [0.2, 0.25) is 0 Å². The minimum absolute atomic E-state index is 0.804. The summed E-state index contributed by atoms with van der Waals surface area (Å²) in [5.41, 5.74) is 5.83. The minimum Gasteiger partial charge on any atom is -0.299 e. The maximum atomic E-state index is 2.57. The highest BCUT2D eigenvalue weighted by molar-refractivity contribution is 5.37. The molecule has 1 aromatic carbocycles. The van der Waals surface area contributed by atoms with Gasteiger partial charge in [-0.2, -0.15) is 0 Å². The molecule has 0 saturated heterocycles. The zero-order valence-corrected chi connectivity index (χ0v) is 12.4. The number of nitrogens with zero attached hydrogens (tertiary/aromatic N) is 1.